The van der Waals surface area contributed by atoms with Crippen LogP contribution in [-0.2, 0) is 0 Å². The normalized spacial score (nSPS) is 15.4. The lowest BCUT2D eigenvalue weighted by Gasteiger charge is -2.11. The lowest BCUT2D eigenvalue weighted by Crippen LogP contribution is -2.29. The Morgan fingerprint density at radius 3 is 2.61 bits per heavy atom. The Morgan fingerprint density at radius 1 is 1.11 bits per heavy atom. The highest BCUT2D eigenvalue weighted by molar-refractivity contribution is 5.86. The van der Waals surface area contributed by atoms with E-state index < -0.39 is 5.97 Å². The molecule has 0 saturated carbocycles. The number of hydrogen-bond acceptors (Lipinski definition) is 5. The molecule has 0 bridgehead atoms. The van der Waals surface area contributed by atoms with E-state index >= 15 is 0 Å². The van der Waals surface area contributed by atoms with Crippen molar-refractivity contribution in [1.29, 1.82) is 0 Å². The number of rotatable bonds is 3. The van der Waals surface area contributed by atoms with Crippen LogP contribution in [0.1, 0.15) is 36.0 Å². The summed E-state index contributed by atoms with van der Waals surface area (Å²) in [5.74, 6) is -0.209. The number of anilines is 1. The maximum atomic E-state index is 10.6. The summed E-state index contributed by atoms with van der Waals surface area (Å²) in [4.78, 5) is 15.0. The first-order valence-corrected chi connectivity index (χ1v) is 6.12. The monoisotopic (exact) mass is 246 g/mol. The van der Waals surface area contributed by atoms with Crippen LogP contribution in [0.3, 0.4) is 0 Å². The fourth-order valence-electron chi connectivity index (χ4n) is 1.81. The summed E-state index contributed by atoms with van der Waals surface area (Å²) in [7, 11) is 0. The minimum absolute atomic E-state index is 0.173. The Kier molecular flexibility index (Phi) is 4.17. The van der Waals surface area contributed by atoms with Crippen molar-refractivity contribution in [2.75, 3.05) is 12.0 Å². The average molecular weight is 246 g/mol. The van der Waals surface area contributed by atoms with E-state index in [0.717, 1.165) is 37.3 Å². The van der Waals surface area contributed by atoms with Crippen LogP contribution in [-0.4, -0.2) is 18.3 Å². The van der Waals surface area contributed by atoms with Crippen molar-refractivity contribution in [1.82, 2.24) is 5.43 Å². The standard InChI is InChI=1S/C13H17N3O2/c17-13(18)10-5-7-11(8-6-10)15-16-12-4-2-1-3-9-14-12/h5-8,15H,1-4,9H2,(H,14,16)(H,17,18)/p-1. The molecule has 1 aliphatic heterocycles. The van der Waals surface area contributed by atoms with E-state index in [2.05, 4.69) is 15.8 Å². The summed E-state index contributed by atoms with van der Waals surface area (Å²) >= 11 is 0. The lowest BCUT2D eigenvalue weighted by molar-refractivity contribution is -0.255. The van der Waals surface area contributed by atoms with Gasteiger partial charge in [-0.2, -0.15) is 0 Å². The van der Waals surface area contributed by atoms with Crippen molar-refractivity contribution in [3.63, 3.8) is 0 Å². The molecule has 1 heterocycles. The predicted molar refractivity (Wildman–Crippen MR) is 68.3 cm³/mol. The number of carboxylic acids is 1. The van der Waals surface area contributed by atoms with Gasteiger partial charge in [0.25, 0.3) is 0 Å². The van der Waals surface area contributed by atoms with E-state index in [-0.39, 0.29) is 5.56 Å². The highest BCUT2D eigenvalue weighted by Crippen LogP contribution is 2.09. The number of carbonyl (C=O) groups excluding carboxylic acids is 1. The zero-order valence-corrected chi connectivity index (χ0v) is 10.1. The van der Waals surface area contributed by atoms with Crippen molar-refractivity contribution in [3.8, 4) is 0 Å². The third kappa shape index (κ3) is 3.48. The lowest BCUT2D eigenvalue weighted by atomic mass is 10.2. The molecule has 2 N–H and O–H groups in total. The molecule has 1 aliphatic rings. The maximum absolute atomic E-state index is 10.6. The van der Waals surface area contributed by atoms with Crippen molar-refractivity contribution >= 4 is 17.5 Å². The summed E-state index contributed by atoms with van der Waals surface area (Å²) in [5, 5.41) is 10.6. The second-order valence-corrected chi connectivity index (χ2v) is 4.25. The van der Waals surface area contributed by atoms with Crippen LogP contribution in [0, 0.1) is 0 Å². The molecule has 0 aromatic heterocycles. The van der Waals surface area contributed by atoms with Crippen molar-refractivity contribution in [3.05, 3.63) is 29.8 Å². The number of carbonyl (C=O) groups is 1. The molecule has 96 valence electrons. The first-order chi connectivity index (χ1) is 8.75. The highest BCUT2D eigenvalue weighted by Gasteiger charge is 2.03. The average Bonchev–Trinajstić information content (AvgIpc) is 2.65. The number of hydrogen-bond donors (Lipinski definition) is 2. The Labute approximate surface area is 106 Å². The van der Waals surface area contributed by atoms with Crippen LogP contribution in [0.25, 0.3) is 0 Å². The van der Waals surface area contributed by atoms with Gasteiger partial charge in [-0.15, -0.1) is 0 Å². The third-order valence-corrected chi connectivity index (χ3v) is 2.85. The SMILES string of the molecule is O=C([O-])c1ccc(NNC2=NCCCCC2)cc1. The van der Waals surface area contributed by atoms with Gasteiger partial charge >= 0.3 is 0 Å². The van der Waals surface area contributed by atoms with E-state index in [1.807, 2.05) is 0 Å². The fraction of sp³-hybridized carbons (Fsp3) is 0.385. The Hall–Kier alpha value is -2.04. The Morgan fingerprint density at radius 2 is 1.89 bits per heavy atom. The van der Waals surface area contributed by atoms with Crippen LogP contribution < -0.4 is 16.0 Å². The molecule has 0 spiro atoms. The van der Waals surface area contributed by atoms with Gasteiger partial charge in [0.15, 0.2) is 0 Å². The quantitative estimate of drug-likeness (QED) is 0.778. The van der Waals surface area contributed by atoms with E-state index in [1.54, 1.807) is 12.1 Å². The van der Waals surface area contributed by atoms with Gasteiger partial charge in [0, 0.05) is 13.0 Å². The Balaban J connectivity index is 1.89. The molecule has 5 heteroatoms. The molecule has 0 fully saturated rings. The van der Waals surface area contributed by atoms with Crippen LogP contribution >= 0.6 is 0 Å². The predicted octanol–water partition coefficient (Wildman–Crippen LogP) is 0.939. The minimum atomic E-state index is -1.16. The van der Waals surface area contributed by atoms with Gasteiger partial charge < -0.3 is 9.90 Å². The van der Waals surface area contributed by atoms with Gasteiger partial charge in [-0.25, -0.2) is 0 Å². The number of nitrogens with zero attached hydrogens (tertiary/aromatic N) is 1. The van der Waals surface area contributed by atoms with Gasteiger partial charge in [-0.1, -0.05) is 18.6 Å². The van der Waals surface area contributed by atoms with Crippen molar-refractivity contribution < 1.29 is 9.90 Å². The van der Waals surface area contributed by atoms with Crippen LogP contribution in [0.2, 0.25) is 0 Å². The molecule has 0 unspecified atom stereocenters. The first-order valence-electron chi connectivity index (χ1n) is 6.12. The number of carboxylic acid groups (broad SMARTS) is 1. The van der Waals surface area contributed by atoms with Crippen molar-refractivity contribution in [2.24, 2.45) is 4.99 Å². The summed E-state index contributed by atoms with van der Waals surface area (Å²) in [6, 6.07) is 6.40. The molecule has 0 aliphatic carbocycles. The molecular weight excluding hydrogens is 230 g/mol. The van der Waals surface area contributed by atoms with E-state index in [4.69, 9.17) is 0 Å². The molecule has 1 aromatic carbocycles. The van der Waals surface area contributed by atoms with Gasteiger partial charge in [0.2, 0.25) is 0 Å². The smallest absolute Gasteiger partial charge is 0.115 e. The first kappa shape index (κ1) is 12.4. The molecule has 18 heavy (non-hydrogen) atoms. The molecule has 1 aromatic rings. The third-order valence-electron chi connectivity index (χ3n) is 2.85. The Bertz CT molecular complexity index is 440. The van der Waals surface area contributed by atoms with Gasteiger partial charge in [-0.05, 0) is 30.5 Å². The molecule has 0 amide bonds. The summed E-state index contributed by atoms with van der Waals surface area (Å²) < 4.78 is 0. The van der Waals surface area contributed by atoms with Gasteiger partial charge in [0.05, 0.1) is 11.7 Å². The highest BCUT2D eigenvalue weighted by atomic mass is 16.4. The second kappa shape index (κ2) is 6.05. The second-order valence-electron chi connectivity index (χ2n) is 4.25. The number of benzene rings is 1. The zero-order valence-electron chi connectivity index (χ0n) is 10.1. The molecule has 2 rings (SSSR count). The summed E-state index contributed by atoms with van der Waals surface area (Å²) in [5.41, 5.74) is 7.05. The molecule has 0 saturated heterocycles. The maximum Gasteiger partial charge on any atom is 0.115 e. The summed E-state index contributed by atoms with van der Waals surface area (Å²) in [6.07, 6.45) is 4.46. The van der Waals surface area contributed by atoms with Crippen LogP contribution in [0.5, 0.6) is 0 Å². The number of hydrazine groups is 1. The molecular formula is C13H16N3O2-. The summed E-state index contributed by atoms with van der Waals surface area (Å²) in [6.45, 7) is 0.869. The van der Waals surface area contributed by atoms with E-state index in [0.29, 0.717) is 0 Å². The van der Waals surface area contributed by atoms with Gasteiger partial charge in [0.1, 0.15) is 5.84 Å². The number of amidine groups is 1. The van der Waals surface area contributed by atoms with Crippen molar-refractivity contribution in [2.45, 2.75) is 25.7 Å². The molecule has 0 radical (unpaired) electrons. The van der Waals surface area contributed by atoms with E-state index in [9.17, 15) is 9.90 Å². The van der Waals surface area contributed by atoms with E-state index in [1.165, 1.54) is 18.6 Å². The number of aliphatic imine (C=N–C) groups is 1. The number of aromatic carboxylic acids is 1. The minimum Gasteiger partial charge on any atom is -0.545 e. The largest absolute Gasteiger partial charge is 0.545 e. The van der Waals surface area contributed by atoms with Crippen LogP contribution in [0.4, 0.5) is 5.69 Å². The fourth-order valence-corrected chi connectivity index (χ4v) is 1.81. The topological polar surface area (TPSA) is 76.5 Å². The molecule has 0 atom stereocenters. The zero-order chi connectivity index (χ0) is 12.8. The van der Waals surface area contributed by atoms with Gasteiger partial charge in [-0.3, -0.25) is 15.8 Å². The van der Waals surface area contributed by atoms with Crippen LogP contribution in [0.15, 0.2) is 29.3 Å². The molecule has 5 nitrogen and oxygen atoms in total. The number of nitrogens with one attached hydrogen (secondary N) is 2.